The third-order valence-electron chi connectivity index (χ3n) is 6.12. The van der Waals surface area contributed by atoms with E-state index in [1.807, 2.05) is 60.7 Å². The summed E-state index contributed by atoms with van der Waals surface area (Å²) in [5, 5.41) is 13.0. The van der Waals surface area contributed by atoms with E-state index >= 15 is 0 Å². The van der Waals surface area contributed by atoms with E-state index in [1.54, 1.807) is 6.20 Å². The summed E-state index contributed by atoms with van der Waals surface area (Å²) in [6.45, 7) is 4.55. The lowest BCUT2D eigenvalue weighted by Gasteiger charge is -2.25. The molecule has 0 saturated heterocycles. The summed E-state index contributed by atoms with van der Waals surface area (Å²) in [7, 11) is 0. The second-order valence-electron chi connectivity index (χ2n) is 8.96. The topological polar surface area (TPSA) is 70.6 Å². The van der Waals surface area contributed by atoms with Gasteiger partial charge >= 0.3 is 0 Å². The summed E-state index contributed by atoms with van der Waals surface area (Å²) in [4.78, 5) is 9.89. The molecule has 3 aromatic carbocycles. The summed E-state index contributed by atoms with van der Waals surface area (Å²) in [6, 6.07) is 27.8. The van der Waals surface area contributed by atoms with Crippen molar-refractivity contribution in [3.63, 3.8) is 0 Å². The lowest BCUT2D eigenvalue weighted by atomic mass is 10.1. The van der Waals surface area contributed by atoms with Gasteiger partial charge in [-0.2, -0.15) is 0 Å². The maximum Gasteiger partial charge on any atom is 0.219 e. The largest absolute Gasteiger partial charge is 0.490 e. The van der Waals surface area contributed by atoms with Gasteiger partial charge in [0.05, 0.1) is 5.52 Å². The molecule has 6 nitrogen and oxygen atoms in total. The number of pyridine rings is 1. The molecular formula is C30H31N3O3. The summed E-state index contributed by atoms with van der Waals surface area (Å²) in [5.74, 6) is 2.11. The predicted octanol–water partition coefficient (Wildman–Crippen LogP) is 6.16. The Bertz CT molecular complexity index is 1400. The monoisotopic (exact) mass is 481 g/mol. The van der Waals surface area contributed by atoms with Gasteiger partial charge in [0.15, 0.2) is 0 Å². The van der Waals surface area contributed by atoms with Gasteiger partial charge in [0.2, 0.25) is 5.88 Å². The summed E-state index contributed by atoms with van der Waals surface area (Å²) >= 11 is 0. The third-order valence-corrected chi connectivity index (χ3v) is 6.12. The number of nitrogens with zero attached hydrogens (tertiary/aromatic N) is 2. The number of aliphatic hydroxyl groups is 1. The maximum absolute atomic E-state index is 10.8. The van der Waals surface area contributed by atoms with E-state index < -0.39 is 6.10 Å². The van der Waals surface area contributed by atoms with Crippen LogP contribution in [-0.4, -0.2) is 45.8 Å². The molecule has 0 aliphatic carbocycles. The van der Waals surface area contributed by atoms with Crippen LogP contribution in [0.1, 0.15) is 18.9 Å². The van der Waals surface area contributed by atoms with Crippen molar-refractivity contribution in [1.29, 1.82) is 0 Å². The molecule has 0 amide bonds. The van der Waals surface area contributed by atoms with Crippen LogP contribution in [0.2, 0.25) is 0 Å². The molecule has 0 aliphatic heterocycles. The SMILES string of the molecule is CCCN(Cc1ccc(Oc2ccccn2)cc1)C[C@H](O)COc1cccc2[nH]c3ccccc3c12. The summed E-state index contributed by atoms with van der Waals surface area (Å²) < 4.78 is 11.9. The normalized spacial score (nSPS) is 12.3. The minimum Gasteiger partial charge on any atom is -0.490 e. The molecule has 0 bridgehead atoms. The Balaban J connectivity index is 1.20. The Hall–Kier alpha value is -3.87. The number of aromatic amines is 1. The van der Waals surface area contributed by atoms with E-state index in [0.29, 0.717) is 12.4 Å². The molecule has 2 heterocycles. The van der Waals surface area contributed by atoms with Crippen LogP contribution < -0.4 is 9.47 Å². The van der Waals surface area contributed by atoms with Gasteiger partial charge in [-0.05, 0) is 54.9 Å². The summed E-state index contributed by atoms with van der Waals surface area (Å²) in [5.41, 5.74) is 3.27. The van der Waals surface area contributed by atoms with Crippen LogP contribution in [0.3, 0.4) is 0 Å². The molecule has 0 spiro atoms. The fourth-order valence-corrected chi connectivity index (χ4v) is 4.53. The van der Waals surface area contributed by atoms with Crippen LogP contribution in [0, 0.1) is 0 Å². The van der Waals surface area contributed by atoms with Gasteiger partial charge in [-0.25, -0.2) is 4.98 Å². The molecule has 1 atom stereocenters. The smallest absolute Gasteiger partial charge is 0.219 e. The van der Waals surface area contributed by atoms with Gasteiger partial charge in [0.1, 0.15) is 24.2 Å². The van der Waals surface area contributed by atoms with Crippen molar-refractivity contribution in [1.82, 2.24) is 14.9 Å². The highest BCUT2D eigenvalue weighted by Gasteiger charge is 2.15. The lowest BCUT2D eigenvalue weighted by Crippen LogP contribution is -2.35. The van der Waals surface area contributed by atoms with Crippen LogP contribution in [0.4, 0.5) is 0 Å². The van der Waals surface area contributed by atoms with E-state index in [1.165, 1.54) is 0 Å². The van der Waals surface area contributed by atoms with E-state index in [4.69, 9.17) is 9.47 Å². The molecule has 2 N–H and O–H groups in total. The first kappa shape index (κ1) is 23.9. The number of H-pyrrole nitrogens is 1. The quantitative estimate of drug-likeness (QED) is 0.236. The Morgan fingerprint density at radius 3 is 2.53 bits per heavy atom. The number of ether oxygens (including phenoxy) is 2. The molecule has 6 heteroatoms. The Kier molecular flexibility index (Phi) is 7.45. The molecule has 0 saturated carbocycles. The van der Waals surface area contributed by atoms with Gasteiger partial charge in [-0.3, -0.25) is 4.90 Å². The second kappa shape index (κ2) is 11.2. The van der Waals surface area contributed by atoms with Crippen LogP contribution in [0.15, 0.2) is 91.1 Å². The lowest BCUT2D eigenvalue weighted by molar-refractivity contribution is 0.0661. The molecule has 0 unspecified atom stereocenters. The highest BCUT2D eigenvalue weighted by Crippen LogP contribution is 2.33. The number of benzene rings is 3. The zero-order valence-corrected chi connectivity index (χ0v) is 20.4. The fourth-order valence-electron chi connectivity index (χ4n) is 4.53. The third kappa shape index (κ3) is 5.67. The molecule has 5 rings (SSSR count). The summed E-state index contributed by atoms with van der Waals surface area (Å²) in [6.07, 6.45) is 2.11. The molecule has 0 radical (unpaired) electrons. The Morgan fingerprint density at radius 1 is 0.917 bits per heavy atom. The van der Waals surface area contributed by atoms with Crippen molar-refractivity contribution >= 4 is 21.8 Å². The number of fused-ring (bicyclic) bond motifs is 3. The fraction of sp³-hybridized carbons (Fsp3) is 0.233. The maximum atomic E-state index is 10.8. The van der Waals surface area contributed by atoms with Gasteiger partial charge in [-0.15, -0.1) is 0 Å². The zero-order chi connectivity index (χ0) is 24.7. The first-order chi connectivity index (χ1) is 17.7. The van der Waals surface area contributed by atoms with E-state index in [2.05, 4.69) is 46.1 Å². The first-order valence-corrected chi connectivity index (χ1v) is 12.4. The molecule has 2 aromatic heterocycles. The Labute approximate surface area is 211 Å². The highest BCUT2D eigenvalue weighted by atomic mass is 16.5. The number of hydrogen-bond acceptors (Lipinski definition) is 5. The Morgan fingerprint density at radius 2 is 1.72 bits per heavy atom. The van der Waals surface area contributed by atoms with Gasteiger partial charge < -0.3 is 19.6 Å². The van der Waals surface area contributed by atoms with Crippen LogP contribution >= 0.6 is 0 Å². The molecule has 5 aromatic rings. The van der Waals surface area contributed by atoms with E-state index in [-0.39, 0.29) is 6.61 Å². The van der Waals surface area contributed by atoms with Crippen molar-refractivity contribution in [2.45, 2.75) is 26.0 Å². The zero-order valence-electron chi connectivity index (χ0n) is 20.4. The molecular weight excluding hydrogens is 450 g/mol. The number of hydrogen-bond donors (Lipinski definition) is 2. The van der Waals surface area contributed by atoms with Crippen molar-refractivity contribution < 1.29 is 14.6 Å². The standard InChI is InChI=1S/C30H31N3O3/c1-2-18-33(19-22-13-15-24(16-14-22)36-29-12-5-6-17-31-29)20-23(34)21-35-28-11-7-10-27-30(28)25-8-3-4-9-26(25)32-27/h3-17,23,32,34H,2,18-21H2,1H3/t23-/m0/s1. The average molecular weight is 482 g/mol. The van der Waals surface area contributed by atoms with Crippen LogP contribution in [0.5, 0.6) is 17.4 Å². The minimum absolute atomic E-state index is 0.232. The van der Waals surface area contributed by atoms with Crippen molar-refractivity contribution in [2.24, 2.45) is 0 Å². The predicted molar refractivity (Wildman–Crippen MR) is 144 cm³/mol. The van der Waals surface area contributed by atoms with Gasteiger partial charge in [0, 0.05) is 41.6 Å². The minimum atomic E-state index is -0.608. The number of nitrogens with one attached hydrogen (secondary N) is 1. The van der Waals surface area contributed by atoms with Crippen molar-refractivity contribution in [3.8, 4) is 17.4 Å². The molecule has 0 aliphatic rings. The average Bonchev–Trinajstić information content (AvgIpc) is 3.29. The number of rotatable bonds is 11. The number of aliphatic hydroxyl groups excluding tert-OH is 1. The van der Waals surface area contributed by atoms with Gasteiger partial charge in [-0.1, -0.05) is 49.4 Å². The number of para-hydroxylation sites is 1. The molecule has 184 valence electrons. The van der Waals surface area contributed by atoms with Crippen molar-refractivity contribution in [2.75, 3.05) is 19.7 Å². The van der Waals surface area contributed by atoms with Crippen LogP contribution in [-0.2, 0) is 6.54 Å². The van der Waals surface area contributed by atoms with Crippen LogP contribution in [0.25, 0.3) is 21.8 Å². The highest BCUT2D eigenvalue weighted by molar-refractivity contribution is 6.10. The number of aromatic nitrogens is 2. The van der Waals surface area contributed by atoms with E-state index in [9.17, 15) is 5.11 Å². The van der Waals surface area contributed by atoms with Gasteiger partial charge in [0.25, 0.3) is 0 Å². The second-order valence-corrected chi connectivity index (χ2v) is 8.96. The molecule has 0 fully saturated rings. The van der Waals surface area contributed by atoms with E-state index in [0.717, 1.165) is 58.4 Å². The first-order valence-electron chi connectivity index (χ1n) is 12.4. The molecule has 36 heavy (non-hydrogen) atoms. The van der Waals surface area contributed by atoms with Crippen molar-refractivity contribution in [3.05, 3.63) is 96.7 Å².